The quantitative estimate of drug-likeness (QED) is 0.720. The van der Waals surface area contributed by atoms with Crippen LogP contribution in [0.25, 0.3) is 10.9 Å². The number of rotatable bonds is 5. The van der Waals surface area contributed by atoms with Gasteiger partial charge in [0.25, 0.3) is 0 Å². The molecule has 3 nitrogen and oxygen atoms in total. The second kappa shape index (κ2) is 6.60. The highest BCUT2D eigenvalue weighted by Crippen LogP contribution is 2.20. The Labute approximate surface area is 132 Å². The van der Waals surface area contributed by atoms with Gasteiger partial charge in [0, 0.05) is 29.6 Å². The van der Waals surface area contributed by atoms with E-state index in [9.17, 15) is 13.6 Å². The summed E-state index contributed by atoms with van der Waals surface area (Å²) >= 11 is 0. The lowest BCUT2D eigenvalue weighted by Crippen LogP contribution is -2.12. The second-order valence-corrected chi connectivity index (χ2v) is 5.39. The molecule has 0 spiro atoms. The molecule has 0 aliphatic carbocycles. The Bertz CT molecular complexity index is 842. The predicted octanol–water partition coefficient (Wildman–Crippen LogP) is 4.41. The van der Waals surface area contributed by atoms with Crippen LogP contribution in [-0.4, -0.2) is 10.9 Å². The molecular formula is C18H16F2N2O. The maximum Gasteiger partial charge on any atom is 0.224 e. The normalized spacial score (nSPS) is 10.9. The molecule has 3 rings (SSSR count). The summed E-state index contributed by atoms with van der Waals surface area (Å²) in [5.41, 5.74) is 2.08. The summed E-state index contributed by atoms with van der Waals surface area (Å²) in [6.07, 6.45) is 3.55. The van der Waals surface area contributed by atoms with Crippen molar-refractivity contribution in [2.45, 2.75) is 19.3 Å². The Hall–Kier alpha value is -2.69. The van der Waals surface area contributed by atoms with Crippen molar-refractivity contribution in [3.8, 4) is 0 Å². The summed E-state index contributed by atoms with van der Waals surface area (Å²) in [4.78, 5) is 15.0. The highest BCUT2D eigenvalue weighted by atomic mass is 19.1. The number of fused-ring (bicyclic) bond motifs is 1. The van der Waals surface area contributed by atoms with Gasteiger partial charge in [-0.1, -0.05) is 18.2 Å². The fourth-order valence-corrected chi connectivity index (χ4v) is 2.58. The summed E-state index contributed by atoms with van der Waals surface area (Å²) < 4.78 is 26.5. The zero-order valence-corrected chi connectivity index (χ0v) is 12.4. The van der Waals surface area contributed by atoms with Crippen molar-refractivity contribution >= 4 is 22.5 Å². The van der Waals surface area contributed by atoms with E-state index in [4.69, 9.17) is 0 Å². The van der Waals surface area contributed by atoms with Gasteiger partial charge < -0.3 is 10.3 Å². The van der Waals surface area contributed by atoms with Gasteiger partial charge in [0.15, 0.2) is 0 Å². The Morgan fingerprint density at radius 2 is 1.96 bits per heavy atom. The number of aromatic nitrogens is 1. The maximum atomic E-state index is 13.5. The molecule has 0 radical (unpaired) electrons. The predicted molar refractivity (Wildman–Crippen MR) is 86.2 cm³/mol. The highest BCUT2D eigenvalue weighted by molar-refractivity contribution is 5.90. The van der Waals surface area contributed by atoms with Crippen molar-refractivity contribution in [2.24, 2.45) is 0 Å². The minimum absolute atomic E-state index is 0.123. The van der Waals surface area contributed by atoms with E-state index < -0.39 is 11.6 Å². The SMILES string of the molecule is O=C(CCCc1c[nH]c2ccccc12)Nc1cc(F)ccc1F. The van der Waals surface area contributed by atoms with Crippen LogP contribution in [0.15, 0.2) is 48.7 Å². The first-order valence-corrected chi connectivity index (χ1v) is 7.43. The number of para-hydroxylation sites is 1. The molecule has 1 heterocycles. The number of hydrogen-bond acceptors (Lipinski definition) is 1. The van der Waals surface area contributed by atoms with Crippen LogP contribution < -0.4 is 5.32 Å². The highest BCUT2D eigenvalue weighted by Gasteiger charge is 2.09. The number of hydrogen-bond donors (Lipinski definition) is 2. The van der Waals surface area contributed by atoms with Gasteiger partial charge in [0.1, 0.15) is 11.6 Å². The monoisotopic (exact) mass is 314 g/mol. The molecule has 118 valence electrons. The molecular weight excluding hydrogens is 298 g/mol. The van der Waals surface area contributed by atoms with Crippen LogP contribution in [0.5, 0.6) is 0 Å². The van der Waals surface area contributed by atoms with E-state index >= 15 is 0 Å². The summed E-state index contributed by atoms with van der Waals surface area (Å²) in [6, 6.07) is 11.0. The molecule has 0 fully saturated rings. The number of aryl methyl sites for hydroxylation is 1. The zero-order chi connectivity index (χ0) is 16.2. The Kier molecular flexibility index (Phi) is 4.37. The summed E-state index contributed by atoms with van der Waals surface area (Å²) in [5, 5.41) is 3.55. The van der Waals surface area contributed by atoms with Gasteiger partial charge in [-0.05, 0) is 36.6 Å². The zero-order valence-electron chi connectivity index (χ0n) is 12.4. The minimum atomic E-state index is -0.642. The molecule has 0 atom stereocenters. The number of nitrogens with one attached hydrogen (secondary N) is 2. The molecule has 0 saturated carbocycles. The number of anilines is 1. The molecule has 0 aliphatic rings. The number of halogens is 2. The third-order valence-corrected chi connectivity index (χ3v) is 3.73. The molecule has 1 amide bonds. The van der Waals surface area contributed by atoms with Gasteiger partial charge >= 0.3 is 0 Å². The van der Waals surface area contributed by atoms with E-state index in [1.807, 2.05) is 30.5 Å². The second-order valence-electron chi connectivity index (χ2n) is 5.39. The lowest BCUT2D eigenvalue weighted by Gasteiger charge is -2.06. The van der Waals surface area contributed by atoms with E-state index in [0.717, 1.165) is 41.1 Å². The molecule has 1 aromatic heterocycles. The van der Waals surface area contributed by atoms with E-state index in [1.54, 1.807) is 0 Å². The first-order valence-electron chi connectivity index (χ1n) is 7.43. The lowest BCUT2D eigenvalue weighted by molar-refractivity contribution is -0.116. The van der Waals surface area contributed by atoms with Crippen molar-refractivity contribution in [3.63, 3.8) is 0 Å². The lowest BCUT2D eigenvalue weighted by atomic mass is 10.1. The Morgan fingerprint density at radius 1 is 1.13 bits per heavy atom. The maximum absolute atomic E-state index is 13.5. The smallest absolute Gasteiger partial charge is 0.224 e. The summed E-state index contributed by atoms with van der Waals surface area (Å²) in [5.74, 6) is -1.55. The number of amides is 1. The van der Waals surface area contributed by atoms with Crippen molar-refractivity contribution in [2.75, 3.05) is 5.32 Å². The Morgan fingerprint density at radius 3 is 2.83 bits per heavy atom. The number of H-pyrrole nitrogens is 1. The third kappa shape index (κ3) is 3.56. The van der Waals surface area contributed by atoms with Crippen LogP contribution in [0.3, 0.4) is 0 Å². The van der Waals surface area contributed by atoms with Crippen LogP contribution in [-0.2, 0) is 11.2 Å². The molecule has 23 heavy (non-hydrogen) atoms. The average molecular weight is 314 g/mol. The fraction of sp³-hybridized carbons (Fsp3) is 0.167. The number of benzene rings is 2. The van der Waals surface area contributed by atoms with Crippen LogP contribution in [0, 0.1) is 11.6 Å². The first kappa shape index (κ1) is 15.2. The molecule has 0 aliphatic heterocycles. The molecule has 0 saturated heterocycles. The topological polar surface area (TPSA) is 44.9 Å². The van der Waals surface area contributed by atoms with Crippen molar-refractivity contribution in [1.82, 2.24) is 4.98 Å². The van der Waals surface area contributed by atoms with Crippen molar-refractivity contribution < 1.29 is 13.6 Å². The Balaban J connectivity index is 1.56. The fourth-order valence-electron chi connectivity index (χ4n) is 2.58. The molecule has 3 aromatic rings. The first-order chi connectivity index (χ1) is 11.1. The number of carbonyl (C=O) groups is 1. The third-order valence-electron chi connectivity index (χ3n) is 3.73. The van der Waals surface area contributed by atoms with Gasteiger partial charge in [-0.2, -0.15) is 0 Å². The van der Waals surface area contributed by atoms with Gasteiger partial charge in [-0.3, -0.25) is 4.79 Å². The van der Waals surface area contributed by atoms with E-state index in [-0.39, 0.29) is 18.0 Å². The van der Waals surface area contributed by atoms with Gasteiger partial charge in [-0.25, -0.2) is 8.78 Å². The van der Waals surface area contributed by atoms with Gasteiger partial charge in [0.05, 0.1) is 5.69 Å². The molecule has 5 heteroatoms. The van der Waals surface area contributed by atoms with Crippen LogP contribution in [0.2, 0.25) is 0 Å². The number of carbonyl (C=O) groups excluding carboxylic acids is 1. The van der Waals surface area contributed by atoms with Crippen molar-refractivity contribution in [1.29, 1.82) is 0 Å². The van der Waals surface area contributed by atoms with E-state index in [2.05, 4.69) is 10.3 Å². The van der Waals surface area contributed by atoms with E-state index in [1.165, 1.54) is 0 Å². The van der Waals surface area contributed by atoms with Crippen LogP contribution >= 0.6 is 0 Å². The summed E-state index contributed by atoms with van der Waals surface area (Å²) in [6.45, 7) is 0. The van der Waals surface area contributed by atoms with Gasteiger partial charge in [-0.15, -0.1) is 0 Å². The van der Waals surface area contributed by atoms with Gasteiger partial charge in [0.2, 0.25) is 5.91 Å². The van der Waals surface area contributed by atoms with Crippen molar-refractivity contribution in [3.05, 3.63) is 65.9 Å². The van der Waals surface area contributed by atoms with Crippen LogP contribution in [0.1, 0.15) is 18.4 Å². The van der Waals surface area contributed by atoms with Crippen LogP contribution in [0.4, 0.5) is 14.5 Å². The average Bonchev–Trinajstić information content (AvgIpc) is 2.94. The summed E-state index contributed by atoms with van der Waals surface area (Å²) in [7, 11) is 0. The molecule has 0 unspecified atom stereocenters. The molecule has 2 aromatic carbocycles. The number of aromatic amines is 1. The standard InChI is InChI=1S/C18H16F2N2O/c19-13-8-9-15(20)17(10-13)22-18(23)7-3-4-12-11-21-16-6-2-1-5-14(12)16/h1-2,5-6,8-11,21H,3-4,7H2,(H,22,23). The van der Waals surface area contributed by atoms with E-state index in [0.29, 0.717) is 6.42 Å². The largest absolute Gasteiger partial charge is 0.361 e. The minimum Gasteiger partial charge on any atom is -0.361 e. The molecule has 0 bridgehead atoms. The molecule has 2 N–H and O–H groups in total.